The lowest BCUT2D eigenvalue weighted by molar-refractivity contribution is 0.101. The summed E-state index contributed by atoms with van der Waals surface area (Å²) < 4.78 is 0. The molecular weight excluding hydrogens is 326 g/mol. The molecule has 0 saturated carbocycles. The summed E-state index contributed by atoms with van der Waals surface area (Å²) in [6, 6.07) is 17.4. The van der Waals surface area contributed by atoms with Crippen LogP contribution >= 0.6 is 0 Å². The van der Waals surface area contributed by atoms with E-state index in [9.17, 15) is 4.79 Å². The summed E-state index contributed by atoms with van der Waals surface area (Å²) in [7, 11) is 0. The van der Waals surface area contributed by atoms with Crippen molar-refractivity contribution >= 4 is 28.8 Å². The van der Waals surface area contributed by atoms with Crippen molar-refractivity contribution in [2.75, 3.05) is 22.9 Å². The van der Waals surface area contributed by atoms with E-state index in [-0.39, 0.29) is 5.78 Å². The number of hydrogen-bond acceptors (Lipinski definition) is 6. The number of carbonyl (C=O) groups is 1. The van der Waals surface area contributed by atoms with Gasteiger partial charge in [0.2, 0.25) is 0 Å². The lowest BCUT2D eigenvalue weighted by Crippen LogP contribution is -2.10. The van der Waals surface area contributed by atoms with Crippen LogP contribution in [0.4, 0.5) is 23.0 Å². The van der Waals surface area contributed by atoms with E-state index in [0.29, 0.717) is 29.4 Å². The smallest absolute Gasteiger partial charge is 0.159 e. The highest BCUT2D eigenvalue weighted by Crippen LogP contribution is 2.26. The van der Waals surface area contributed by atoms with Crippen LogP contribution in [0.2, 0.25) is 0 Å². The number of anilines is 4. The largest absolute Gasteiger partial charge is 0.393 e. The van der Waals surface area contributed by atoms with E-state index in [1.807, 2.05) is 30.3 Å². The van der Waals surface area contributed by atoms with Gasteiger partial charge in [-0.25, -0.2) is 9.97 Å². The molecule has 6 nitrogen and oxygen atoms in total. The maximum Gasteiger partial charge on any atom is 0.159 e. The zero-order valence-corrected chi connectivity index (χ0v) is 14.6. The number of carbonyl (C=O) groups excluding carboxylic acids is 1. The van der Waals surface area contributed by atoms with Crippen molar-refractivity contribution in [1.29, 1.82) is 0 Å². The molecule has 2 aromatic carbocycles. The first kappa shape index (κ1) is 17.4. The van der Waals surface area contributed by atoms with Gasteiger partial charge in [0.05, 0.1) is 0 Å². The van der Waals surface area contributed by atoms with Crippen molar-refractivity contribution in [3.05, 3.63) is 72.1 Å². The Hall–Kier alpha value is -3.41. The topological polar surface area (TPSA) is 92.9 Å². The van der Waals surface area contributed by atoms with Crippen LogP contribution < -0.4 is 16.4 Å². The van der Waals surface area contributed by atoms with Gasteiger partial charge in [-0.3, -0.25) is 4.79 Å². The van der Waals surface area contributed by atoms with Crippen LogP contribution in [0.1, 0.15) is 22.8 Å². The Kier molecular flexibility index (Phi) is 5.43. The summed E-state index contributed by atoms with van der Waals surface area (Å²) in [5, 5.41) is 6.39. The van der Waals surface area contributed by atoms with E-state index in [2.05, 4.69) is 32.7 Å². The quantitative estimate of drug-likeness (QED) is 0.565. The van der Waals surface area contributed by atoms with E-state index in [0.717, 1.165) is 12.1 Å². The number of ketones is 1. The third kappa shape index (κ3) is 4.36. The molecule has 6 heteroatoms. The van der Waals surface area contributed by atoms with Crippen LogP contribution in [-0.4, -0.2) is 22.3 Å². The summed E-state index contributed by atoms with van der Waals surface area (Å²) in [4.78, 5) is 19.9. The number of Topliss-reactive ketones (excluding diaryl/α,β-unsaturated/α-hetero) is 1. The minimum atomic E-state index is 0.00702. The molecule has 0 aliphatic carbocycles. The second-order valence-corrected chi connectivity index (χ2v) is 5.91. The summed E-state index contributed by atoms with van der Waals surface area (Å²) in [5.74, 6) is 1.09. The Bertz CT molecular complexity index is 896. The molecule has 0 aliphatic heterocycles. The predicted molar refractivity (Wildman–Crippen MR) is 105 cm³/mol. The fourth-order valence-corrected chi connectivity index (χ4v) is 2.56. The Morgan fingerprint density at radius 3 is 2.58 bits per heavy atom. The Morgan fingerprint density at radius 2 is 1.81 bits per heavy atom. The van der Waals surface area contributed by atoms with Crippen molar-refractivity contribution in [2.24, 2.45) is 0 Å². The summed E-state index contributed by atoms with van der Waals surface area (Å²) in [5.41, 5.74) is 9.25. The van der Waals surface area contributed by atoms with Crippen molar-refractivity contribution in [1.82, 2.24) is 9.97 Å². The van der Waals surface area contributed by atoms with Crippen LogP contribution in [0.5, 0.6) is 0 Å². The molecule has 0 bridgehead atoms. The first-order chi connectivity index (χ1) is 12.6. The molecule has 1 aromatic heterocycles. The molecule has 0 spiro atoms. The monoisotopic (exact) mass is 347 g/mol. The number of aromatic nitrogens is 2. The first-order valence-corrected chi connectivity index (χ1v) is 8.40. The number of nitrogen functional groups attached to an aromatic ring is 1. The van der Waals surface area contributed by atoms with Gasteiger partial charge in [0.15, 0.2) is 17.4 Å². The highest BCUT2D eigenvalue weighted by atomic mass is 16.1. The molecule has 0 amide bonds. The zero-order valence-electron chi connectivity index (χ0n) is 14.6. The molecule has 0 fully saturated rings. The van der Waals surface area contributed by atoms with Crippen molar-refractivity contribution in [3.63, 3.8) is 0 Å². The molecular formula is C20H21N5O. The third-order valence-electron chi connectivity index (χ3n) is 3.96. The number of rotatable bonds is 7. The Balaban J connectivity index is 1.69. The van der Waals surface area contributed by atoms with Gasteiger partial charge in [0.25, 0.3) is 0 Å². The van der Waals surface area contributed by atoms with E-state index < -0.39 is 0 Å². The van der Waals surface area contributed by atoms with Crippen molar-refractivity contribution in [2.45, 2.75) is 13.3 Å². The van der Waals surface area contributed by atoms with E-state index >= 15 is 0 Å². The Labute approximate surface area is 152 Å². The van der Waals surface area contributed by atoms with Crippen LogP contribution in [0.3, 0.4) is 0 Å². The highest BCUT2D eigenvalue weighted by Gasteiger charge is 2.09. The predicted octanol–water partition coefficient (Wildman–Crippen LogP) is 3.66. The normalized spacial score (nSPS) is 10.3. The number of nitrogens with zero attached hydrogens (tertiary/aromatic N) is 2. The van der Waals surface area contributed by atoms with Gasteiger partial charge in [-0.1, -0.05) is 42.5 Å². The molecule has 0 radical (unpaired) electrons. The summed E-state index contributed by atoms with van der Waals surface area (Å²) >= 11 is 0. The van der Waals surface area contributed by atoms with Gasteiger partial charge in [0, 0.05) is 17.8 Å². The molecule has 0 atom stereocenters. The highest BCUT2D eigenvalue weighted by molar-refractivity contribution is 5.95. The van der Waals surface area contributed by atoms with Gasteiger partial charge in [0.1, 0.15) is 12.0 Å². The van der Waals surface area contributed by atoms with Crippen molar-refractivity contribution in [3.8, 4) is 0 Å². The minimum absolute atomic E-state index is 0.00702. The fraction of sp³-hybridized carbons (Fsp3) is 0.150. The van der Waals surface area contributed by atoms with Crippen molar-refractivity contribution < 1.29 is 4.79 Å². The van der Waals surface area contributed by atoms with Gasteiger partial charge in [-0.15, -0.1) is 0 Å². The van der Waals surface area contributed by atoms with Gasteiger partial charge in [-0.2, -0.15) is 0 Å². The molecule has 3 rings (SSSR count). The number of hydrogen-bond donors (Lipinski definition) is 3. The molecule has 1 heterocycles. The third-order valence-corrected chi connectivity index (χ3v) is 3.96. The van der Waals surface area contributed by atoms with E-state index in [1.54, 1.807) is 12.1 Å². The van der Waals surface area contributed by atoms with E-state index in [4.69, 9.17) is 5.73 Å². The lowest BCUT2D eigenvalue weighted by atomic mass is 10.1. The van der Waals surface area contributed by atoms with Crippen LogP contribution in [0.25, 0.3) is 0 Å². The SMILES string of the molecule is CC(=O)c1cccc(Nc2ncnc(NCCc3ccccc3)c2N)c1. The molecule has 132 valence electrons. The summed E-state index contributed by atoms with van der Waals surface area (Å²) in [6.07, 6.45) is 2.33. The molecule has 0 unspecified atom stereocenters. The number of benzene rings is 2. The first-order valence-electron chi connectivity index (χ1n) is 8.40. The second kappa shape index (κ2) is 8.11. The fourth-order valence-electron chi connectivity index (χ4n) is 2.56. The summed E-state index contributed by atoms with van der Waals surface area (Å²) in [6.45, 7) is 2.25. The van der Waals surface area contributed by atoms with Crippen LogP contribution in [0.15, 0.2) is 60.9 Å². The second-order valence-electron chi connectivity index (χ2n) is 5.91. The zero-order chi connectivity index (χ0) is 18.4. The average molecular weight is 347 g/mol. The molecule has 3 aromatic rings. The minimum Gasteiger partial charge on any atom is -0.393 e. The number of nitrogens with one attached hydrogen (secondary N) is 2. The molecule has 0 saturated heterocycles. The van der Waals surface area contributed by atoms with Gasteiger partial charge >= 0.3 is 0 Å². The maximum atomic E-state index is 11.5. The van der Waals surface area contributed by atoms with E-state index in [1.165, 1.54) is 18.8 Å². The lowest BCUT2D eigenvalue weighted by Gasteiger charge is -2.13. The number of nitrogens with two attached hydrogens (primary N) is 1. The molecule has 0 aliphatic rings. The maximum absolute atomic E-state index is 11.5. The standard InChI is InChI=1S/C20H21N5O/c1-14(26)16-8-5-9-17(12-16)25-20-18(21)19(23-13-24-20)22-11-10-15-6-3-2-4-7-15/h2-9,12-13H,10-11,21H2,1H3,(H2,22,23,24,25). The van der Waals surface area contributed by atoms with Crippen LogP contribution in [0, 0.1) is 0 Å². The van der Waals surface area contributed by atoms with Gasteiger partial charge in [-0.05, 0) is 31.0 Å². The molecule has 4 N–H and O–H groups in total. The average Bonchev–Trinajstić information content (AvgIpc) is 2.66. The van der Waals surface area contributed by atoms with Gasteiger partial charge < -0.3 is 16.4 Å². The Morgan fingerprint density at radius 1 is 1.04 bits per heavy atom. The molecule has 26 heavy (non-hydrogen) atoms. The van der Waals surface area contributed by atoms with Crippen LogP contribution in [-0.2, 0) is 6.42 Å².